The lowest BCUT2D eigenvalue weighted by Crippen LogP contribution is -2.00. The van der Waals surface area contributed by atoms with Gasteiger partial charge >= 0.3 is 5.97 Å². The van der Waals surface area contributed by atoms with E-state index in [9.17, 15) is 15.0 Å². The second-order valence-corrected chi connectivity index (χ2v) is 2.85. The third-order valence-corrected chi connectivity index (χ3v) is 1.68. The van der Waals surface area contributed by atoms with Crippen LogP contribution in [0.5, 0.6) is 11.5 Å². The second kappa shape index (κ2) is 3.35. The minimum atomic E-state index is -1.09. The summed E-state index contributed by atoms with van der Waals surface area (Å²) in [5.41, 5.74) is 0.738. The standard InChI is InChI=1S/C9H10O4/c1-5-2-7(10)6(4-9(12)13)8(11)3-5/h2-3,10-11H,4H2,1H3,(H,12,13). The topological polar surface area (TPSA) is 77.8 Å². The minimum Gasteiger partial charge on any atom is -0.508 e. The molecule has 0 fully saturated rings. The first-order valence-corrected chi connectivity index (χ1v) is 3.74. The quantitative estimate of drug-likeness (QED) is 0.638. The zero-order valence-corrected chi connectivity index (χ0v) is 7.11. The maximum absolute atomic E-state index is 10.3. The van der Waals surface area contributed by atoms with E-state index in [-0.39, 0.29) is 23.5 Å². The Kier molecular flexibility index (Phi) is 2.41. The van der Waals surface area contributed by atoms with Crippen LogP contribution < -0.4 is 0 Å². The molecule has 3 N–H and O–H groups in total. The molecule has 0 aliphatic heterocycles. The zero-order valence-electron chi connectivity index (χ0n) is 7.11. The van der Waals surface area contributed by atoms with Crippen LogP contribution in [0.2, 0.25) is 0 Å². The van der Waals surface area contributed by atoms with Crippen LogP contribution in [0.4, 0.5) is 0 Å². The molecule has 0 unspecified atom stereocenters. The van der Waals surface area contributed by atoms with Crippen molar-refractivity contribution in [2.75, 3.05) is 0 Å². The van der Waals surface area contributed by atoms with Gasteiger partial charge in [-0.25, -0.2) is 0 Å². The average Bonchev–Trinajstić information content (AvgIpc) is 1.96. The van der Waals surface area contributed by atoms with Gasteiger partial charge in [-0.1, -0.05) is 0 Å². The Hall–Kier alpha value is -1.71. The SMILES string of the molecule is Cc1cc(O)c(CC(=O)O)c(O)c1. The molecular formula is C9H10O4. The Bertz CT molecular complexity index is 320. The molecule has 0 bridgehead atoms. The molecule has 0 saturated heterocycles. The van der Waals surface area contributed by atoms with E-state index in [2.05, 4.69) is 0 Å². The Labute approximate surface area is 75.1 Å². The van der Waals surface area contributed by atoms with Crippen molar-refractivity contribution in [2.45, 2.75) is 13.3 Å². The highest BCUT2D eigenvalue weighted by Gasteiger charge is 2.11. The van der Waals surface area contributed by atoms with Gasteiger partial charge in [-0.05, 0) is 24.6 Å². The van der Waals surface area contributed by atoms with Crippen molar-refractivity contribution in [3.63, 3.8) is 0 Å². The van der Waals surface area contributed by atoms with Gasteiger partial charge in [-0.15, -0.1) is 0 Å². The van der Waals surface area contributed by atoms with E-state index < -0.39 is 5.97 Å². The van der Waals surface area contributed by atoms with E-state index in [1.54, 1.807) is 6.92 Å². The number of aryl methyl sites for hydroxylation is 1. The summed E-state index contributed by atoms with van der Waals surface area (Å²) in [5.74, 6) is -1.45. The third kappa shape index (κ3) is 2.11. The number of aromatic hydroxyl groups is 2. The van der Waals surface area contributed by atoms with Gasteiger partial charge in [-0.3, -0.25) is 4.79 Å². The molecule has 1 rings (SSSR count). The molecule has 70 valence electrons. The molecule has 0 saturated carbocycles. The Morgan fingerprint density at radius 3 is 2.15 bits per heavy atom. The molecule has 1 aromatic carbocycles. The minimum absolute atomic E-state index is 0.0538. The molecule has 0 amide bonds. The van der Waals surface area contributed by atoms with Gasteiger partial charge in [0.2, 0.25) is 0 Å². The van der Waals surface area contributed by atoms with Gasteiger partial charge in [0.25, 0.3) is 0 Å². The Balaban J connectivity index is 3.13. The first-order chi connectivity index (χ1) is 6.00. The number of phenolic OH excluding ortho intramolecular Hbond substituents is 2. The lowest BCUT2D eigenvalue weighted by molar-refractivity contribution is -0.136. The van der Waals surface area contributed by atoms with Crippen molar-refractivity contribution >= 4 is 5.97 Å². The Morgan fingerprint density at radius 2 is 1.77 bits per heavy atom. The number of phenols is 2. The van der Waals surface area contributed by atoms with E-state index in [0.717, 1.165) is 0 Å². The van der Waals surface area contributed by atoms with Crippen LogP contribution in [0.1, 0.15) is 11.1 Å². The van der Waals surface area contributed by atoms with Gasteiger partial charge in [0.05, 0.1) is 6.42 Å². The van der Waals surface area contributed by atoms with Crippen LogP contribution >= 0.6 is 0 Å². The summed E-state index contributed by atoms with van der Waals surface area (Å²) in [7, 11) is 0. The largest absolute Gasteiger partial charge is 0.508 e. The molecule has 0 radical (unpaired) electrons. The zero-order chi connectivity index (χ0) is 10.0. The summed E-state index contributed by atoms with van der Waals surface area (Å²) in [6, 6.07) is 2.83. The summed E-state index contributed by atoms with van der Waals surface area (Å²) in [6.07, 6.45) is -0.377. The van der Waals surface area contributed by atoms with Crippen molar-refractivity contribution in [1.82, 2.24) is 0 Å². The Morgan fingerprint density at radius 1 is 1.31 bits per heavy atom. The number of benzene rings is 1. The van der Waals surface area contributed by atoms with Crippen LogP contribution in [-0.2, 0) is 11.2 Å². The van der Waals surface area contributed by atoms with Gasteiger partial charge in [0, 0.05) is 5.56 Å². The number of hydrogen-bond acceptors (Lipinski definition) is 3. The smallest absolute Gasteiger partial charge is 0.308 e. The fourth-order valence-electron chi connectivity index (χ4n) is 1.11. The third-order valence-electron chi connectivity index (χ3n) is 1.68. The van der Waals surface area contributed by atoms with Gasteiger partial charge in [0.15, 0.2) is 0 Å². The van der Waals surface area contributed by atoms with Crippen LogP contribution in [0.15, 0.2) is 12.1 Å². The number of carboxylic acids is 1. The van der Waals surface area contributed by atoms with E-state index in [1.165, 1.54) is 12.1 Å². The summed E-state index contributed by atoms with van der Waals surface area (Å²) < 4.78 is 0. The number of carbonyl (C=O) groups is 1. The molecule has 0 heterocycles. The molecule has 0 aliphatic carbocycles. The maximum Gasteiger partial charge on any atom is 0.308 e. The molecule has 0 aromatic heterocycles. The van der Waals surface area contributed by atoms with Crippen LogP contribution in [0.25, 0.3) is 0 Å². The highest BCUT2D eigenvalue weighted by Crippen LogP contribution is 2.28. The highest BCUT2D eigenvalue weighted by atomic mass is 16.4. The monoisotopic (exact) mass is 182 g/mol. The van der Waals surface area contributed by atoms with E-state index in [1.807, 2.05) is 0 Å². The van der Waals surface area contributed by atoms with E-state index in [4.69, 9.17) is 5.11 Å². The molecule has 13 heavy (non-hydrogen) atoms. The lowest BCUT2D eigenvalue weighted by Gasteiger charge is -2.05. The van der Waals surface area contributed by atoms with Crippen LogP contribution in [0.3, 0.4) is 0 Å². The average molecular weight is 182 g/mol. The van der Waals surface area contributed by atoms with Crippen molar-refractivity contribution in [2.24, 2.45) is 0 Å². The van der Waals surface area contributed by atoms with Crippen molar-refractivity contribution in [1.29, 1.82) is 0 Å². The molecule has 0 spiro atoms. The maximum atomic E-state index is 10.3. The molecular weight excluding hydrogens is 172 g/mol. The number of hydrogen-bond donors (Lipinski definition) is 3. The van der Waals surface area contributed by atoms with Gasteiger partial charge in [-0.2, -0.15) is 0 Å². The predicted octanol–water partition coefficient (Wildman–Crippen LogP) is 1.03. The molecule has 0 atom stereocenters. The first-order valence-electron chi connectivity index (χ1n) is 3.74. The number of carboxylic acid groups (broad SMARTS) is 1. The highest BCUT2D eigenvalue weighted by molar-refractivity contribution is 5.72. The van der Waals surface area contributed by atoms with E-state index >= 15 is 0 Å². The van der Waals surface area contributed by atoms with Gasteiger partial charge < -0.3 is 15.3 Å². The summed E-state index contributed by atoms with van der Waals surface area (Å²) >= 11 is 0. The van der Waals surface area contributed by atoms with Crippen molar-refractivity contribution < 1.29 is 20.1 Å². The predicted molar refractivity (Wildman–Crippen MR) is 45.8 cm³/mol. The van der Waals surface area contributed by atoms with Crippen molar-refractivity contribution in [3.8, 4) is 11.5 Å². The molecule has 1 aromatic rings. The molecule has 4 nitrogen and oxygen atoms in total. The van der Waals surface area contributed by atoms with Crippen LogP contribution in [0, 0.1) is 6.92 Å². The number of aliphatic carboxylic acids is 1. The van der Waals surface area contributed by atoms with Crippen LogP contribution in [-0.4, -0.2) is 21.3 Å². The normalized spacial score (nSPS) is 9.92. The van der Waals surface area contributed by atoms with Crippen molar-refractivity contribution in [3.05, 3.63) is 23.3 Å². The lowest BCUT2D eigenvalue weighted by atomic mass is 10.1. The summed E-state index contributed by atoms with van der Waals surface area (Å²) in [6.45, 7) is 1.70. The number of rotatable bonds is 2. The van der Waals surface area contributed by atoms with E-state index in [0.29, 0.717) is 5.56 Å². The fraction of sp³-hybridized carbons (Fsp3) is 0.222. The second-order valence-electron chi connectivity index (χ2n) is 2.85. The first kappa shape index (κ1) is 9.38. The summed E-state index contributed by atoms with van der Waals surface area (Å²) in [4.78, 5) is 10.3. The molecule has 0 aliphatic rings. The fourth-order valence-corrected chi connectivity index (χ4v) is 1.11. The summed E-state index contributed by atoms with van der Waals surface area (Å²) in [5, 5.41) is 27.1. The molecule has 4 heteroatoms. The van der Waals surface area contributed by atoms with Gasteiger partial charge in [0.1, 0.15) is 11.5 Å².